The molecule has 0 aliphatic carbocycles. The van der Waals surface area contributed by atoms with Gasteiger partial charge < -0.3 is 15.5 Å². The van der Waals surface area contributed by atoms with Crippen molar-refractivity contribution in [3.63, 3.8) is 0 Å². The number of carbonyl (C=O) groups excluding carboxylic acids is 2. The average molecular weight is 531 g/mol. The molecule has 0 fully saturated rings. The first-order chi connectivity index (χ1) is 16.4. The van der Waals surface area contributed by atoms with E-state index in [2.05, 4.69) is 44.2 Å². The zero-order valence-electron chi connectivity index (χ0n) is 20.6. The summed E-state index contributed by atoms with van der Waals surface area (Å²) in [6, 6.07) is 12.2. The van der Waals surface area contributed by atoms with Gasteiger partial charge in [0.05, 0.1) is 33.3 Å². The number of thiophene rings is 1. The third-order valence-corrected chi connectivity index (χ3v) is 11.9. The maximum atomic E-state index is 13.5. The van der Waals surface area contributed by atoms with Crippen molar-refractivity contribution in [2.24, 2.45) is 5.73 Å². The maximum absolute atomic E-state index is 13.5. The highest BCUT2D eigenvalue weighted by Crippen LogP contribution is 2.36. The summed E-state index contributed by atoms with van der Waals surface area (Å²) in [6.45, 7) is 12.4. The molecule has 0 bridgehead atoms. The van der Waals surface area contributed by atoms with Crippen LogP contribution in [0, 0.1) is 0 Å². The second-order valence-electron chi connectivity index (χ2n) is 9.58. The molecule has 3 rings (SSSR count). The molecule has 3 N–H and O–H groups in total. The molecule has 2 heterocycles. The van der Waals surface area contributed by atoms with E-state index in [0.29, 0.717) is 33.7 Å². The summed E-state index contributed by atoms with van der Waals surface area (Å²) in [7, 11) is -1.80. The van der Waals surface area contributed by atoms with Crippen molar-refractivity contribution in [3.8, 4) is 0 Å². The van der Waals surface area contributed by atoms with Crippen molar-refractivity contribution < 1.29 is 14.0 Å². The Balaban J connectivity index is 1.82. The minimum Gasteiger partial charge on any atom is -0.415 e. The van der Waals surface area contributed by atoms with Crippen LogP contribution >= 0.6 is 22.9 Å². The van der Waals surface area contributed by atoms with Crippen LogP contribution in [0.2, 0.25) is 22.5 Å². The summed E-state index contributed by atoms with van der Waals surface area (Å²) in [5.41, 5.74) is 7.54. The van der Waals surface area contributed by atoms with E-state index in [4.69, 9.17) is 21.8 Å². The van der Waals surface area contributed by atoms with E-state index >= 15 is 0 Å². The van der Waals surface area contributed by atoms with Gasteiger partial charge in [0.2, 0.25) is 0 Å². The van der Waals surface area contributed by atoms with Crippen LogP contribution in [0.25, 0.3) is 0 Å². The molecule has 2 aromatic heterocycles. The van der Waals surface area contributed by atoms with Gasteiger partial charge in [0.1, 0.15) is 0 Å². The van der Waals surface area contributed by atoms with Gasteiger partial charge in [-0.1, -0.05) is 32.4 Å². The predicted octanol–water partition coefficient (Wildman–Crippen LogP) is 6.31. The predicted molar refractivity (Wildman–Crippen MR) is 147 cm³/mol. The Morgan fingerprint density at radius 1 is 1.14 bits per heavy atom. The molecule has 0 atom stereocenters. The van der Waals surface area contributed by atoms with Crippen molar-refractivity contribution >= 4 is 60.1 Å². The Kier molecular flexibility index (Phi) is 8.37. The molecule has 0 aliphatic rings. The summed E-state index contributed by atoms with van der Waals surface area (Å²) in [4.78, 5) is 31.5. The minimum atomic E-state index is -1.80. The van der Waals surface area contributed by atoms with Gasteiger partial charge in [-0.15, -0.1) is 11.3 Å². The first-order valence-corrected chi connectivity index (χ1v) is 15.3. The number of primary amides is 1. The monoisotopic (exact) mass is 530 g/mol. The van der Waals surface area contributed by atoms with Gasteiger partial charge in [-0.2, -0.15) is 0 Å². The number of anilines is 3. The van der Waals surface area contributed by atoms with Crippen LogP contribution in [0.5, 0.6) is 0 Å². The third kappa shape index (κ3) is 6.49. The lowest BCUT2D eigenvalue weighted by Gasteiger charge is -2.36. The normalized spacial score (nSPS) is 11.8. The molecule has 0 saturated heterocycles. The number of hydrogen-bond donors (Lipinski definition) is 2. The topological polar surface area (TPSA) is 97.6 Å². The summed E-state index contributed by atoms with van der Waals surface area (Å²) >= 11 is 7.23. The van der Waals surface area contributed by atoms with Gasteiger partial charge in [0.25, 0.3) is 11.8 Å². The Morgan fingerprint density at radius 2 is 1.83 bits per heavy atom. The Morgan fingerprint density at radius 3 is 2.40 bits per heavy atom. The van der Waals surface area contributed by atoms with E-state index in [9.17, 15) is 9.59 Å². The van der Waals surface area contributed by atoms with Gasteiger partial charge in [-0.3, -0.25) is 19.5 Å². The minimum absolute atomic E-state index is 0.160. The van der Waals surface area contributed by atoms with Gasteiger partial charge in [-0.05, 0) is 60.6 Å². The molecule has 7 nitrogen and oxygen atoms in total. The molecule has 35 heavy (non-hydrogen) atoms. The van der Waals surface area contributed by atoms with Crippen molar-refractivity contribution in [2.75, 3.05) is 23.4 Å². The number of halogens is 1. The molecule has 2 amide bonds. The van der Waals surface area contributed by atoms with Crippen molar-refractivity contribution in [1.29, 1.82) is 0 Å². The fourth-order valence-electron chi connectivity index (χ4n) is 3.12. The largest absolute Gasteiger partial charge is 0.415 e. The zero-order valence-corrected chi connectivity index (χ0v) is 23.2. The lowest BCUT2D eigenvalue weighted by atomic mass is 10.1. The highest BCUT2D eigenvalue weighted by atomic mass is 35.5. The number of carbonyl (C=O) groups is 2. The Bertz CT molecular complexity index is 1190. The van der Waals surface area contributed by atoms with E-state index in [1.54, 1.807) is 12.1 Å². The highest BCUT2D eigenvalue weighted by Gasteiger charge is 2.36. The summed E-state index contributed by atoms with van der Waals surface area (Å²) in [6.07, 6.45) is 2.92. The number of aromatic nitrogens is 1. The molecule has 0 spiro atoms. The van der Waals surface area contributed by atoms with Crippen LogP contribution in [0.1, 0.15) is 40.8 Å². The van der Waals surface area contributed by atoms with E-state index in [0.717, 1.165) is 17.0 Å². The molecular weight excluding hydrogens is 500 g/mol. The number of nitrogens with zero attached hydrogens (tertiary/aromatic N) is 2. The number of rotatable bonds is 9. The molecule has 10 heteroatoms. The van der Waals surface area contributed by atoms with Gasteiger partial charge >= 0.3 is 0 Å². The van der Waals surface area contributed by atoms with Gasteiger partial charge in [-0.25, -0.2) is 0 Å². The number of pyridine rings is 1. The standard InChI is InChI=1S/C25H31ClN4O3SSi/c1-25(2,3)35(4,5)33-15-14-29-17-6-8-18(9-7-17)30(24(32)21-10-11-22(26)34-21)20-16-28-13-12-19(20)23(27)31/h6-13,16,29H,14-15H2,1-5H3,(H2,27,31). The SMILES string of the molecule is CC(C)(C)[Si](C)(C)OCCNc1ccc(N(C(=O)c2ccc(Cl)s2)c2cnccc2C(N)=O)cc1. The molecule has 0 saturated carbocycles. The zero-order chi connectivity index (χ0) is 25.8. The molecular formula is C25H31ClN4O3SSi. The fourth-order valence-corrected chi connectivity index (χ4v) is 5.14. The number of hydrogen-bond acceptors (Lipinski definition) is 6. The van der Waals surface area contributed by atoms with Crippen molar-refractivity contribution in [3.05, 3.63) is 69.6 Å². The average Bonchev–Trinajstić information content (AvgIpc) is 3.23. The van der Waals surface area contributed by atoms with E-state index < -0.39 is 14.2 Å². The van der Waals surface area contributed by atoms with E-state index in [-0.39, 0.29) is 16.5 Å². The Hall–Kier alpha value is -2.72. The molecule has 186 valence electrons. The Labute approximate surface area is 216 Å². The van der Waals surface area contributed by atoms with Crippen LogP contribution in [-0.4, -0.2) is 38.3 Å². The smallest absolute Gasteiger partial charge is 0.273 e. The first-order valence-electron chi connectivity index (χ1n) is 11.2. The molecule has 3 aromatic rings. The second kappa shape index (κ2) is 10.9. The van der Waals surface area contributed by atoms with Crippen LogP contribution in [0.3, 0.4) is 0 Å². The number of nitrogens with two attached hydrogens (primary N) is 1. The molecule has 0 unspecified atom stereocenters. The molecule has 0 radical (unpaired) electrons. The van der Waals surface area contributed by atoms with E-state index in [1.165, 1.54) is 23.4 Å². The van der Waals surface area contributed by atoms with Gasteiger partial charge in [0, 0.05) is 24.1 Å². The summed E-state index contributed by atoms with van der Waals surface area (Å²) in [5.74, 6) is -0.981. The molecule has 0 aliphatic heterocycles. The van der Waals surface area contributed by atoms with Crippen molar-refractivity contribution in [1.82, 2.24) is 4.98 Å². The lowest BCUT2D eigenvalue weighted by Crippen LogP contribution is -2.41. The number of nitrogens with one attached hydrogen (secondary N) is 1. The first kappa shape index (κ1) is 26.9. The van der Waals surface area contributed by atoms with Gasteiger partial charge in [0.15, 0.2) is 8.32 Å². The van der Waals surface area contributed by atoms with Crippen LogP contribution in [0.4, 0.5) is 17.1 Å². The summed E-state index contributed by atoms with van der Waals surface area (Å²) < 4.78 is 6.71. The van der Waals surface area contributed by atoms with Crippen LogP contribution < -0.4 is 16.0 Å². The molecule has 1 aromatic carbocycles. The number of benzene rings is 1. The maximum Gasteiger partial charge on any atom is 0.273 e. The van der Waals surface area contributed by atoms with E-state index in [1.807, 2.05) is 24.3 Å². The highest BCUT2D eigenvalue weighted by molar-refractivity contribution is 7.18. The fraction of sp³-hybridized carbons (Fsp3) is 0.320. The quantitative estimate of drug-likeness (QED) is 0.249. The van der Waals surface area contributed by atoms with Crippen LogP contribution in [-0.2, 0) is 4.43 Å². The van der Waals surface area contributed by atoms with Crippen LogP contribution in [0.15, 0.2) is 54.9 Å². The lowest BCUT2D eigenvalue weighted by molar-refractivity contribution is 0.1000. The van der Waals surface area contributed by atoms with Crippen molar-refractivity contribution in [2.45, 2.75) is 38.9 Å². The second-order valence-corrected chi connectivity index (χ2v) is 16.1. The number of amides is 2. The summed E-state index contributed by atoms with van der Waals surface area (Å²) in [5, 5.41) is 3.52. The third-order valence-electron chi connectivity index (χ3n) is 6.12.